The molecule has 0 aliphatic heterocycles. The second-order valence-electron chi connectivity index (χ2n) is 4.31. The van der Waals surface area contributed by atoms with Crippen LogP contribution in [-0.2, 0) is 19.8 Å². The van der Waals surface area contributed by atoms with E-state index in [9.17, 15) is 22.8 Å². The maximum absolute atomic E-state index is 12.6. The Kier molecular flexibility index (Phi) is 3.52. The molecule has 2 heterocycles. The lowest BCUT2D eigenvalue weighted by molar-refractivity contribution is -0.138. The van der Waals surface area contributed by atoms with Gasteiger partial charge in [0.1, 0.15) is 0 Å². The molecule has 0 radical (unpaired) electrons. The highest BCUT2D eigenvalue weighted by Gasteiger charge is 2.31. The number of rotatable bonds is 3. The van der Waals surface area contributed by atoms with E-state index in [1.54, 1.807) is 29.9 Å². The molecule has 7 heteroatoms. The first-order valence-corrected chi connectivity index (χ1v) is 5.71. The van der Waals surface area contributed by atoms with Crippen LogP contribution in [0.3, 0.4) is 0 Å². The summed E-state index contributed by atoms with van der Waals surface area (Å²) in [5, 5.41) is 0. The summed E-state index contributed by atoms with van der Waals surface area (Å²) in [5.74, 6) is -0.432. The summed E-state index contributed by atoms with van der Waals surface area (Å²) < 4.78 is 40.0. The van der Waals surface area contributed by atoms with E-state index in [1.165, 1.54) is 0 Å². The van der Waals surface area contributed by atoms with Gasteiger partial charge in [-0.15, -0.1) is 0 Å². The van der Waals surface area contributed by atoms with Gasteiger partial charge in [-0.3, -0.25) is 9.59 Å². The summed E-state index contributed by atoms with van der Waals surface area (Å²) in [6, 6.07) is 4.69. The van der Waals surface area contributed by atoms with Crippen LogP contribution < -0.4 is 5.56 Å². The van der Waals surface area contributed by atoms with E-state index in [0.717, 1.165) is 10.6 Å². The number of alkyl halides is 3. The molecule has 0 aromatic carbocycles. The lowest BCUT2D eigenvalue weighted by atomic mass is 10.2. The fourth-order valence-electron chi connectivity index (χ4n) is 1.81. The van der Waals surface area contributed by atoms with Gasteiger partial charge in [0.2, 0.25) is 0 Å². The SMILES string of the molecule is Cn1cccc1C(=O)Cn1cc(C(F)(F)F)ccc1=O. The largest absolute Gasteiger partial charge is 0.417 e. The molecule has 0 N–H and O–H groups in total. The van der Waals surface area contributed by atoms with Gasteiger partial charge in [-0.2, -0.15) is 13.2 Å². The Hall–Kier alpha value is -2.31. The van der Waals surface area contributed by atoms with Crippen LogP contribution in [0, 0.1) is 0 Å². The first-order valence-electron chi connectivity index (χ1n) is 5.71. The van der Waals surface area contributed by atoms with E-state index in [4.69, 9.17) is 0 Å². The number of hydrogen-bond acceptors (Lipinski definition) is 2. The van der Waals surface area contributed by atoms with Gasteiger partial charge in [-0.25, -0.2) is 0 Å². The van der Waals surface area contributed by atoms with Gasteiger partial charge >= 0.3 is 6.18 Å². The van der Waals surface area contributed by atoms with Crippen LogP contribution in [0.1, 0.15) is 16.1 Å². The molecule has 106 valence electrons. The molecule has 0 saturated carbocycles. The van der Waals surface area contributed by atoms with Crippen LogP contribution in [-0.4, -0.2) is 14.9 Å². The van der Waals surface area contributed by atoms with Crippen LogP contribution in [0.5, 0.6) is 0 Å². The van der Waals surface area contributed by atoms with Crippen LogP contribution >= 0.6 is 0 Å². The topological polar surface area (TPSA) is 44.0 Å². The smallest absolute Gasteiger partial charge is 0.348 e. The Morgan fingerprint density at radius 2 is 1.95 bits per heavy atom. The summed E-state index contributed by atoms with van der Waals surface area (Å²) in [4.78, 5) is 23.5. The first-order chi connectivity index (χ1) is 9.29. The van der Waals surface area contributed by atoms with Gasteiger partial charge in [-0.1, -0.05) is 0 Å². The molecule has 0 unspecified atom stereocenters. The van der Waals surface area contributed by atoms with Crippen molar-refractivity contribution in [2.24, 2.45) is 7.05 Å². The molecular formula is C13H11F3N2O2. The maximum Gasteiger partial charge on any atom is 0.417 e. The number of Topliss-reactive ketones (excluding diaryl/α,β-unsaturated/α-hetero) is 1. The molecule has 0 bridgehead atoms. The number of halogens is 3. The number of aryl methyl sites for hydroxylation is 1. The number of hydrogen-bond donors (Lipinski definition) is 0. The van der Waals surface area contributed by atoms with E-state index in [-0.39, 0.29) is 0 Å². The Bertz CT molecular complexity index is 698. The molecular weight excluding hydrogens is 273 g/mol. The van der Waals surface area contributed by atoms with Crippen molar-refractivity contribution >= 4 is 5.78 Å². The minimum absolute atomic E-state index is 0.328. The highest BCUT2D eigenvalue weighted by molar-refractivity contribution is 5.94. The number of aromatic nitrogens is 2. The fourth-order valence-corrected chi connectivity index (χ4v) is 1.81. The monoisotopic (exact) mass is 284 g/mol. The molecule has 2 aromatic rings. The molecule has 2 rings (SSSR count). The summed E-state index contributed by atoms with van der Waals surface area (Å²) in [5.41, 5.74) is -1.29. The van der Waals surface area contributed by atoms with Crippen molar-refractivity contribution in [1.29, 1.82) is 0 Å². The van der Waals surface area contributed by atoms with Crippen molar-refractivity contribution in [2.45, 2.75) is 12.7 Å². The normalized spacial score (nSPS) is 11.6. The zero-order chi connectivity index (χ0) is 14.9. The number of pyridine rings is 1. The maximum atomic E-state index is 12.6. The summed E-state index contributed by atoms with van der Waals surface area (Å²) in [6.45, 7) is -0.430. The van der Waals surface area contributed by atoms with Crippen molar-refractivity contribution in [2.75, 3.05) is 0 Å². The van der Waals surface area contributed by atoms with Gasteiger partial charge in [0.15, 0.2) is 5.78 Å². The zero-order valence-electron chi connectivity index (χ0n) is 10.5. The zero-order valence-corrected chi connectivity index (χ0v) is 10.5. The van der Waals surface area contributed by atoms with Gasteiger partial charge < -0.3 is 9.13 Å². The average Bonchev–Trinajstić information content (AvgIpc) is 2.77. The lowest BCUT2D eigenvalue weighted by Crippen LogP contribution is -2.25. The fraction of sp³-hybridized carbons (Fsp3) is 0.231. The third-order valence-corrected chi connectivity index (χ3v) is 2.85. The third kappa shape index (κ3) is 2.81. The quantitative estimate of drug-likeness (QED) is 0.810. The van der Waals surface area contributed by atoms with Crippen molar-refractivity contribution in [3.05, 3.63) is 58.3 Å². The van der Waals surface area contributed by atoms with Gasteiger partial charge in [0, 0.05) is 25.5 Å². The molecule has 0 spiro atoms. The average molecular weight is 284 g/mol. The van der Waals surface area contributed by atoms with Crippen molar-refractivity contribution in [3.63, 3.8) is 0 Å². The Balaban J connectivity index is 2.32. The number of carbonyl (C=O) groups excluding carboxylic acids is 1. The van der Waals surface area contributed by atoms with Crippen molar-refractivity contribution in [3.8, 4) is 0 Å². The third-order valence-electron chi connectivity index (χ3n) is 2.85. The van der Waals surface area contributed by atoms with Crippen molar-refractivity contribution < 1.29 is 18.0 Å². The second-order valence-corrected chi connectivity index (χ2v) is 4.31. The summed E-state index contributed by atoms with van der Waals surface area (Å²) >= 11 is 0. The number of ketones is 1. The van der Waals surface area contributed by atoms with E-state index in [2.05, 4.69) is 0 Å². The summed E-state index contributed by atoms with van der Waals surface area (Å²) in [6.07, 6.45) is -2.26. The molecule has 0 atom stereocenters. The molecule has 0 saturated heterocycles. The van der Waals surface area contributed by atoms with Crippen LogP contribution in [0.2, 0.25) is 0 Å². The lowest BCUT2D eigenvalue weighted by Gasteiger charge is -2.10. The Labute approximate surface area is 112 Å². The minimum Gasteiger partial charge on any atom is -0.348 e. The van der Waals surface area contributed by atoms with E-state index in [0.29, 0.717) is 18.0 Å². The standard InChI is InChI=1S/C13H11F3N2O2/c1-17-6-2-3-10(17)11(19)8-18-7-9(13(14,15)16)4-5-12(18)20/h2-7H,8H2,1H3. The molecule has 0 aliphatic carbocycles. The molecule has 0 aliphatic rings. The molecule has 4 nitrogen and oxygen atoms in total. The summed E-state index contributed by atoms with van der Waals surface area (Å²) in [7, 11) is 1.64. The van der Waals surface area contributed by atoms with Gasteiger partial charge in [0.25, 0.3) is 5.56 Å². The molecule has 20 heavy (non-hydrogen) atoms. The van der Waals surface area contributed by atoms with Gasteiger partial charge in [0.05, 0.1) is 17.8 Å². The van der Waals surface area contributed by atoms with E-state index < -0.39 is 29.6 Å². The van der Waals surface area contributed by atoms with E-state index in [1.807, 2.05) is 0 Å². The molecule has 0 fully saturated rings. The van der Waals surface area contributed by atoms with Crippen LogP contribution in [0.4, 0.5) is 13.2 Å². The van der Waals surface area contributed by atoms with Crippen LogP contribution in [0.15, 0.2) is 41.5 Å². The van der Waals surface area contributed by atoms with Crippen LogP contribution in [0.25, 0.3) is 0 Å². The highest BCUT2D eigenvalue weighted by Crippen LogP contribution is 2.28. The first kappa shape index (κ1) is 14.1. The Morgan fingerprint density at radius 1 is 1.25 bits per heavy atom. The van der Waals surface area contributed by atoms with Gasteiger partial charge in [-0.05, 0) is 18.2 Å². The van der Waals surface area contributed by atoms with Crippen molar-refractivity contribution in [1.82, 2.24) is 9.13 Å². The Morgan fingerprint density at radius 3 is 2.50 bits per heavy atom. The molecule has 2 aromatic heterocycles. The van der Waals surface area contributed by atoms with E-state index >= 15 is 0 Å². The number of nitrogens with zero attached hydrogens (tertiary/aromatic N) is 2. The molecule has 0 amide bonds. The second kappa shape index (κ2) is 4.99. The number of carbonyl (C=O) groups is 1. The minimum atomic E-state index is -4.55. The predicted octanol–water partition coefficient (Wildman–Crippen LogP) is 2.09. The highest BCUT2D eigenvalue weighted by atomic mass is 19.4. The predicted molar refractivity (Wildman–Crippen MR) is 65.4 cm³/mol.